The lowest BCUT2D eigenvalue weighted by atomic mass is 10.0. The molecule has 1 atom stereocenters. The highest BCUT2D eigenvalue weighted by Crippen LogP contribution is 2.29. The molecule has 5 aromatic rings. The normalized spacial score (nSPS) is 12.2. The Morgan fingerprint density at radius 2 is 1.53 bits per heavy atom. The van der Waals surface area contributed by atoms with E-state index >= 15 is 0 Å². The van der Waals surface area contributed by atoms with Crippen molar-refractivity contribution in [1.82, 2.24) is 34.5 Å². The van der Waals surface area contributed by atoms with Crippen LogP contribution in [0.25, 0.3) is 11.4 Å². The molecule has 0 bridgehead atoms. The SMILES string of the molecule is Cc1ccccc1-n1nnnc1C(c1ccccc1)N(C)Cc1c(C)n(C)n(-c2ccccc2)c1=O. The molecule has 3 aromatic carbocycles. The molecule has 2 heterocycles. The van der Waals surface area contributed by atoms with Gasteiger partial charge in [0.15, 0.2) is 5.82 Å². The van der Waals surface area contributed by atoms with Gasteiger partial charge in [0.1, 0.15) is 0 Å². The number of aryl methyl sites for hydroxylation is 1. The first-order valence-electron chi connectivity index (χ1n) is 11.9. The molecule has 0 saturated heterocycles. The largest absolute Gasteiger partial charge is 0.288 e. The quantitative estimate of drug-likeness (QED) is 0.353. The molecular formula is C28H29N7O. The first-order valence-corrected chi connectivity index (χ1v) is 11.9. The Morgan fingerprint density at radius 1 is 0.889 bits per heavy atom. The van der Waals surface area contributed by atoms with Gasteiger partial charge >= 0.3 is 0 Å². The molecule has 0 amide bonds. The van der Waals surface area contributed by atoms with Crippen molar-refractivity contribution < 1.29 is 0 Å². The predicted molar refractivity (Wildman–Crippen MR) is 139 cm³/mol. The van der Waals surface area contributed by atoms with Crippen LogP contribution in [0.15, 0.2) is 89.7 Å². The number of nitrogens with zero attached hydrogens (tertiary/aromatic N) is 7. The van der Waals surface area contributed by atoms with E-state index in [2.05, 4.69) is 32.6 Å². The number of benzene rings is 3. The molecule has 2 aromatic heterocycles. The molecule has 182 valence electrons. The van der Waals surface area contributed by atoms with Crippen molar-refractivity contribution in [2.45, 2.75) is 26.4 Å². The topological polar surface area (TPSA) is 73.8 Å². The van der Waals surface area contributed by atoms with Gasteiger partial charge in [-0.1, -0.05) is 66.7 Å². The van der Waals surface area contributed by atoms with Crippen LogP contribution in [0.2, 0.25) is 0 Å². The van der Waals surface area contributed by atoms with E-state index in [4.69, 9.17) is 0 Å². The fourth-order valence-electron chi connectivity index (χ4n) is 4.72. The third kappa shape index (κ3) is 4.16. The maximum Gasteiger partial charge on any atom is 0.276 e. The molecule has 8 nitrogen and oxygen atoms in total. The summed E-state index contributed by atoms with van der Waals surface area (Å²) in [6, 6.07) is 27.6. The monoisotopic (exact) mass is 479 g/mol. The van der Waals surface area contributed by atoms with Crippen molar-refractivity contribution in [3.05, 3.63) is 123 Å². The molecule has 0 aliphatic heterocycles. The number of rotatable bonds is 7. The van der Waals surface area contributed by atoms with Crippen molar-refractivity contribution in [1.29, 1.82) is 0 Å². The third-order valence-corrected chi connectivity index (χ3v) is 6.72. The Kier molecular flexibility index (Phi) is 6.35. The van der Waals surface area contributed by atoms with Crippen LogP contribution in [0, 0.1) is 13.8 Å². The maximum absolute atomic E-state index is 13.6. The van der Waals surface area contributed by atoms with Gasteiger partial charge in [0.05, 0.1) is 23.0 Å². The van der Waals surface area contributed by atoms with Crippen LogP contribution in [0.3, 0.4) is 0 Å². The van der Waals surface area contributed by atoms with Gasteiger partial charge in [-0.3, -0.25) is 14.4 Å². The molecule has 0 aliphatic carbocycles. The third-order valence-electron chi connectivity index (χ3n) is 6.72. The van der Waals surface area contributed by atoms with E-state index < -0.39 is 0 Å². The number of aromatic nitrogens is 6. The van der Waals surface area contributed by atoms with Crippen LogP contribution in [0.1, 0.15) is 34.3 Å². The van der Waals surface area contributed by atoms with Crippen molar-refractivity contribution in [3.8, 4) is 11.4 Å². The first kappa shape index (κ1) is 23.4. The van der Waals surface area contributed by atoms with Gasteiger partial charge in [-0.2, -0.15) is 4.68 Å². The molecule has 0 spiro atoms. The van der Waals surface area contributed by atoms with Gasteiger partial charge in [0.2, 0.25) is 0 Å². The predicted octanol–water partition coefficient (Wildman–Crippen LogP) is 3.99. The van der Waals surface area contributed by atoms with Crippen molar-refractivity contribution in [2.24, 2.45) is 7.05 Å². The fourth-order valence-corrected chi connectivity index (χ4v) is 4.72. The van der Waals surface area contributed by atoms with Crippen LogP contribution in [0.5, 0.6) is 0 Å². The molecule has 36 heavy (non-hydrogen) atoms. The summed E-state index contributed by atoms with van der Waals surface area (Å²) >= 11 is 0. The minimum absolute atomic E-state index is 0.0293. The van der Waals surface area contributed by atoms with E-state index in [1.54, 1.807) is 9.36 Å². The Labute approximate surface area is 210 Å². The lowest BCUT2D eigenvalue weighted by Gasteiger charge is -2.27. The molecule has 0 fully saturated rings. The Balaban J connectivity index is 1.59. The molecule has 0 aliphatic rings. The van der Waals surface area contributed by atoms with E-state index in [9.17, 15) is 4.79 Å². The fraction of sp³-hybridized carbons (Fsp3) is 0.214. The van der Waals surface area contributed by atoms with E-state index in [0.717, 1.165) is 33.8 Å². The zero-order valence-electron chi connectivity index (χ0n) is 20.9. The lowest BCUT2D eigenvalue weighted by Crippen LogP contribution is -2.30. The summed E-state index contributed by atoms with van der Waals surface area (Å²) in [5.74, 6) is 0.690. The summed E-state index contributed by atoms with van der Waals surface area (Å²) in [6.07, 6.45) is 0. The molecule has 5 rings (SSSR count). The second-order valence-corrected chi connectivity index (χ2v) is 9.00. The standard InChI is InChI=1S/C28H29N7O/c1-20-13-11-12-18-25(20)34-27(29-30-31-34)26(22-14-7-5-8-15-22)32(3)19-24-21(2)33(4)35(28(24)36)23-16-9-6-10-17-23/h5-18,26H,19H2,1-4H3. The molecular weight excluding hydrogens is 450 g/mol. The maximum atomic E-state index is 13.6. The number of tetrazole rings is 1. The number of hydrogen-bond acceptors (Lipinski definition) is 5. The van der Waals surface area contributed by atoms with Crippen LogP contribution >= 0.6 is 0 Å². The minimum atomic E-state index is -0.273. The van der Waals surface area contributed by atoms with E-state index in [1.165, 1.54) is 0 Å². The van der Waals surface area contributed by atoms with E-state index in [1.807, 2.05) is 105 Å². The van der Waals surface area contributed by atoms with Gasteiger partial charge in [0.25, 0.3) is 5.56 Å². The van der Waals surface area contributed by atoms with Gasteiger partial charge in [-0.25, -0.2) is 4.68 Å². The van der Waals surface area contributed by atoms with E-state index in [-0.39, 0.29) is 11.6 Å². The summed E-state index contributed by atoms with van der Waals surface area (Å²) in [6.45, 7) is 4.46. The molecule has 0 radical (unpaired) electrons. The van der Waals surface area contributed by atoms with Crippen molar-refractivity contribution >= 4 is 0 Å². The van der Waals surface area contributed by atoms with E-state index in [0.29, 0.717) is 12.4 Å². The van der Waals surface area contributed by atoms with Crippen LogP contribution in [-0.2, 0) is 13.6 Å². The molecule has 0 saturated carbocycles. The lowest BCUT2D eigenvalue weighted by molar-refractivity contribution is 0.257. The summed E-state index contributed by atoms with van der Waals surface area (Å²) in [7, 11) is 3.92. The zero-order chi connectivity index (χ0) is 25.2. The summed E-state index contributed by atoms with van der Waals surface area (Å²) in [5, 5.41) is 12.8. The van der Waals surface area contributed by atoms with Gasteiger partial charge in [-0.05, 0) is 60.6 Å². The van der Waals surface area contributed by atoms with Crippen LogP contribution in [0.4, 0.5) is 0 Å². The van der Waals surface area contributed by atoms with Gasteiger partial charge < -0.3 is 0 Å². The summed E-state index contributed by atoms with van der Waals surface area (Å²) < 4.78 is 5.42. The summed E-state index contributed by atoms with van der Waals surface area (Å²) in [4.78, 5) is 15.7. The smallest absolute Gasteiger partial charge is 0.276 e. The summed E-state index contributed by atoms with van der Waals surface area (Å²) in [5.41, 5.74) is 5.50. The second kappa shape index (κ2) is 9.75. The average molecular weight is 480 g/mol. The number of para-hydroxylation sites is 2. The zero-order valence-corrected chi connectivity index (χ0v) is 20.9. The van der Waals surface area contributed by atoms with Crippen LogP contribution in [-0.4, -0.2) is 41.5 Å². The molecule has 0 N–H and O–H groups in total. The van der Waals surface area contributed by atoms with Gasteiger partial charge in [0, 0.05) is 19.3 Å². The Morgan fingerprint density at radius 3 is 2.22 bits per heavy atom. The highest BCUT2D eigenvalue weighted by Gasteiger charge is 2.28. The second-order valence-electron chi connectivity index (χ2n) is 9.00. The Bertz CT molecular complexity index is 1530. The van der Waals surface area contributed by atoms with Crippen molar-refractivity contribution in [2.75, 3.05) is 7.05 Å². The molecule has 1 unspecified atom stereocenters. The first-order chi connectivity index (χ1) is 17.5. The highest BCUT2D eigenvalue weighted by molar-refractivity contribution is 5.41. The minimum Gasteiger partial charge on any atom is -0.288 e. The van der Waals surface area contributed by atoms with Gasteiger partial charge in [-0.15, -0.1) is 5.10 Å². The average Bonchev–Trinajstić information content (AvgIpc) is 3.44. The number of hydrogen-bond donors (Lipinski definition) is 0. The molecule has 8 heteroatoms. The van der Waals surface area contributed by atoms with Crippen LogP contribution < -0.4 is 5.56 Å². The Hall–Kier alpha value is -4.30. The highest BCUT2D eigenvalue weighted by atomic mass is 16.1. The van der Waals surface area contributed by atoms with Crippen molar-refractivity contribution in [3.63, 3.8) is 0 Å².